The summed E-state index contributed by atoms with van der Waals surface area (Å²) in [5.74, 6) is 0.568. The van der Waals surface area contributed by atoms with Crippen molar-refractivity contribution in [1.82, 2.24) is 9.80 Å². The molecule has 0 unspecified atom stereocenters. The summed E-state index contributed by atoms with van der Waals surface area (Å²) in [5.41, 5.74) is 1.11. The highest BCUT2D eigenvalue weighted by Gasteiger charge is 2.24. The lowest BCUT2D eigenvalue weighted by molar-refractivity contribution is -0.138. The molecule has 6 nitrogen and oxygen atoms in total. The third kappa shape index (κ3) is 3.88. The number of rotatable bonds is 5. The van der Waals surface area contributed by atoms with Gasteiger partial charge in [-0.25, -0.2) is 0 Å². The van der Waals surface area contributed by atoms with Crippen LogP contribution >= 0.6 is 11.6 Å². The molecule has 1 N–H and O–H groups in total. The first-order valence-corrected chi connectivity index (χ1v) is 8.13. The van der Waals surface area contributed by atoms with Crippen LogP contribution < -0.4 is 9.47 Å². The Kier molecular flexibility index (Phi) is 4.94. The highest BCUT2D eigenvalue weighted by Crippen LogP contribution is 2.40. The van der Waals surface area contributed by atoms with Crippen LogP contribution in [0.5, 0.6) is 11.5 Å². The zero-order chi connectivity index (χ0) is 16.4. The molecule has 2 aliphatic rings. The Morgan fingerprint density at radius 1 is 1.39 bits per heavy atom. The van der Waals surface area contributed by atoms with E-state index in [-0.39, 0.29) is 13.3 Å². The van der Waals surface area contributed by atoms with Crippen molar-refractivity contribution in [2.45, 2.75) is 25.4 Å². The Morgan fingerprint density at radius 3 is 2.83 bits per heavy atom. The average molecular weight is 341 g/mol. The highest BCUT2D eigenvalue weighted by molar-refractivity contribution is 6.32. The average Bonchev–Trinajstić information content (AvgIpc) is 2.96. The van der Waals surface area contributed by atoms with Crippen molar-refractivity contribution >= 4 is 17.6 Å². The lowest BCUT2D eigenvalue weighted by atomic mass is 10.0. The summed E-state index contributed by atoms with van der Waals surface area (Å²) in [6.45, 7) is 3.02. The molecule has 3 rings (SSSR count). The molecule has 0 aromatic heterocycles. The van der Waals surface area contributed by atoms with E-state index in [0.29, 0.717) is 22.6 Å². The fourth-order valence-electron chi connectivity index (χ4n) is 3.23. The molecule has 1 aromatic rings. The molecule has 0 radical (unpaired) electrons. The maximum Gasteiger partial charge on any atom is 0.317 e. The summed E-state index contributed by atoms with van der Waals surface area (Å²) >= 11 is 6.22. The number of carboxylic acid groups (broad SMARTS) is 1. The number of hydrogen-bond acceptors (Lipinski definition) is 5. The summed E-state index contributed by atoms with van der Waals surface area (Å²) in [6, 6.07) is 4.25. The Bertz CT molecular complexity index is 588. The van der Waals surface area contributed by atoms with Gasteiger partial charge < -0.3 is 14.6 Å². The van der Waals surface area contributed by atoms with Crippen LogP contribution in [0.1, 0.15) is 18.4 Å². The minimum atomic E-state index is -0.773. The number of carboxylic acids is 1. The van der Waals surface area contributed by atoms with Crippen molar-refractivity contribution in [3.63, 3.8) is 0 Å². The molecule has 1 aromatic carbocycles. The van der Waals surface area contributed by atoms with Crippen molar-refractivity contribution in [3.05, 3.63) is 22.7 Å². The Labute approximate surface area is 140 Å². The van der Waals surface area contributed by atoms with Crippen LogP contribution in [0, 0.1) is 0 Å². The van der Waals surface area contributed by atoms with E-state index in [1.807, 2.05) is 24.1 Å². The van der Waals surface area contributed by atoms with E-state index < -0.39 is 5.97 Å². The number of hydrogen-bond donors (Lipinski definition) is 1. The van der Waals surface area contributed by atoms with Crippen molar-refractivity contribution in [2.24, 2.45) is 0 Å². The van der Waals surface area contributed by atoms with Gasteiger partial charge in [0.25, 0.3) is 0 Å². The summed E-state index contributed by atoms with van der Waals surface area (Å²) in [6.07, 6.45) is 1.95. The molecule has 1 fully saturated rings. The predicted octanol–water partition coefficient (Wildman–Crippen LogP) is 2.05. The highest BCUT2D eigenvalue weighted by atomic mass is 35.5. The standard InChI is InChI=1S/C16H21ClN2O4/c1-18(9-15(20)21)12-2-4-19(5-3-12)8-11-6-13(17)16-14(7-11)22-10-23-16/h6-7,12H,2-5,8-10H2,1H3,(H,20,21). The van der Waals surface area contributed by atoms with Crippen LogP contribution in [0.25, 0.3) is 0 Å². The molecule has 1 saturated heterocycles. The second-order valence-corrected chi connectivity index (χ2v) is 6.53. The fraction of sp³-hybridized carbons (Fsp3) is 0.562. The first kappa shape index (κ1) is 16.4. The normalized spacial score (nSPS) is 18.6. The van der Waals surface area contributed by atoms with E-state index in [0.717, 1.165) is 38.0 Å². The van der Waals surface area contributed by atoms with E-state index in [4.69, 9.17) is 26.2 Å². The van der Waals surface area contributed by atoms with E-state index in [9.17, 15) is 4.79 Å². The minimum absolute atomic E-state index is 0.0996. The van der Waals surface area contributed by atoms with Gasteiger partial charge >= 0.3 is 5.97 Å². The number of halogens is 1. The van der Waals surface area contributed by atoms with Gasteiger partial charge in [0.1, 0.15) is 0 Å². The first-order valence-electron chi connectivity index (χ1n) is 7.75. The predicted molar refractivity (Wildman–Crippen MR) is 86.1 cm³/mol. The van der Waals surface area contributed by atoms with Crippen molar-refractivity contribution in [3.8, 4) is 11.5 Å². The molecular weight excluding hydrogens is 320 g/mol. The zero-order valence-corrected chi connectivity index (χ0v) is 13.9. The van der Waals surface area contributed by atoms with Crippen LogP contribution in [0.2, 0.25) is 5.02 Å². The number of carbonyl (C=O) groups is 1. The molecule has 0 amide bonds. The van der Waals surface area contributed by atoms with Gasteiger partial charge in [-0.1, -0.05) is 11.6 Å². The van der Waals surface area contributed by atoms with Gasteiger partial charge in [-0.3, -0.25) is 14.6 Å². The van der Waals surface area contributed by atoms with Crippen molar-refractivity contribution in [2.75, 3.05) is 33.5 Å². The second-order valence-electron chi connectivity index (χ2n) is 6.13. The molecule has 0 saturated carbocycles. The topological polar surface area (TPSA) is 62.2 Å². The number of likely N-dealkylation sites (N-methyl/N-ethyl adjacent to an activating group) is 1. The summed E-state index contributed by atoms with van der Waals surface area (Å²) in [7, 11) is 1.88. The number of piperidine rings is 1. The summed E-state index contributed by atoms with van der Waals surface area (Å²) in [4.78, 5) is 15.1. The smallest absolute Gasteiger partial charge is 0.317 e. The maximum atomic E-state index is 10.8. The molecule has 0 spiro atoms. The Hall–Kier alpha value is -1.50. The number of nitrogens with zero attached hydrogens (tertiary/aromatic N) is 2. The van der Waals surface area contributed by atoms with Crippen molar-refractivity contribution in [1.29, 1.82) is 0 Å². The van der Waals surface area contributed by atoms with Crippen LogP contribution in [-0.4, -0.2) is 60.4 Å². The number of fused-ring (bicyclic) bond motifs is 1. The fourth-order valence-corrected chi connectivity index (χ4v) is 3.52. The van der Waals surface area contributed by atoms with Gasteiger partial charge in [-0.15, -0.1) is 0 Å². The molecule has 2 heterocycles. The monoisotopic (exact) mass is 340 g/mol. The molecule has 0 aliphatic carbocycles. The van der Waals surface area contributed by atoms with Gasteiger partial charge in [0.05, 0.1) is 11.6 Å². The number of benzene rings is 1. The Balaban J connectivity index is 1.55. The molecule has 7 heteroatoms. The maximum absolute atomic E-state index is 10.8. The van der Waals surface area contributed by atoms with Crippen molar-refractivity contribution < 1.29 is 19.4 Å². The quantitative estimate of drug-likeness (QED) is 0.885. The van der Waals surface area contributed by atoms with Crippen LogP contribution in [0.4, 0.5) is 0 Å². The number of likely N-dealkylation sites (tertiary alicyclic amines) is 1. The van der Waals surface area contributed by atoms with Crippen LogP contribution in [-0.2, 0) is 11.3 Å². The van der Waals surface area contributed by atoms with Gasteiger partial charge in [-0.05, 0) is 50.7 Å². The van der Waals surface area contributed by atoms with Gasteiger partial charge in [-0.2, -0.15) is 0 Å². The first-order chi connectivity index (χ1) is 11.0. The molecular formula is C16H21ClN2O4. The zero-order valence-electron chi connectivity index (χ0n) is 13.1. The molecule has 0 bridgehead atoms. The van der Waals surface area contributed by atoms with Gasteiger partial charge in [0.15, 0.2) is 11.5 Å². The summed E-state index contributed by atoms with van der Waals surface area (Å²) in [5, 5.41) is 9.47. The number of aliphatic carboxylic acids is 1. The van der Waals surface area contributed by atoms with E-state index >= 15 is 0 Å². The minimum Gasteiger partial charge on any atom is -0.480 e. The molecule has 0 atom stereocenters. The molecule has 126 valence electrons. The SMILES string of the molecule is CN(CC(=O)O)C1CCN(Cc2cc(Cl)c3c(c2)OCO3)CC1. The van der Waals surface area contributed by atoms with Crippen LogP contribution in [0.15, 0.2) is 12.1 Å². The lowest BCUT2D eigenvalue weighted by Crippen LogP contribution is -2.44. The number of ether oxygens (including phenoxy) is 2. The van der Waals surface area contributed by atoms with Gasteiger partial charge in [0, 0.05) is 12.6 Å². The van der Waals surface area contributed by atoms with E-state index in [1.165, 1.54) is 0 Å². The third-order valence-corrected chi connectivity index (χ3v) is 4.74. The van der Waals surface area contributed by atoms with Gasteiger partial charge in [0.2, 0.25) is 6.79 Å². The summed E-state index contributed by atoms with van der Waals surface area (Å²) < 4.78 is 10.7. The van der Waals surface area contributed by atoms with Crippen LogP contribution in [0.3, 0.4) is 0 Å². The molecule has 2 aliphatic heterocycles. The van der Waals surface area contributed by atoms with E-state index in [2.05, 4.69) is 4.90 Å². The van der Waals surface area contributed by atoms with E-state index in [1.54, 1.807) is 0 Å². The second kappa shape index (κ2) is 6.95. The Morgan fingerprint density at radius 2 is 2.13 bits per heavy atom. The third-order valence-electron chi connectivity index (χ3n) is 4.46. The molecule has 23 heavy (non-hydrogen) atoms. The lowest BCUT2D eigenvalue weighted by Gasteiger charge is -2.36. The largest absolute Gasteiger partial charge is 0.480 e.